The van der Waals surface area contributed by atoms with Crippen LogP contribution in [-0.2, 0) is 17.6 Å². The molecule has 0 bridgehead atoms. The Morgan fingerprint density at radius 1 is 1.17 bits per heavy atom. The number of halogens is 1. The van der Waals surface area contributed by atoms with Gasteiger partial charge in [-0.25, -0.2) is 9.07 Å². The number of aryl methyl sites for hydroxylation is 2. The molecule has 1 amide bonds. The van der Waals surface area contributed by atoms with Crippen LogP contribution in [0, 0.1) is 5.82 Å². The highest BCUT2D eigenvalue weighted by Gasteiger charge is 2.38. The van der Waals surface area contributed by atoms with Crippen molar-refractivity contribution < 1.29 is 9.18 Å². The molecule has 1 aliphatic heterocycles. The van der Waals surface area contributed by atoms with E-state index in [1.54, 1.807) is 18.2 Å². The molecule has 6 nitrogen and oxygen atoms in total. The second-order valence-corrected chi connectivity index (χ2v) is 8.30. The highest BCUT2D eigenvalue weighted by molar-refractivity contribution is 8.00. The first-order chi connectivity index (χ1) is 14.6. The molecule has 2 N–H and O–H groups in total. The summed E-state index contributed by atoms with van der Waals surface area (Å²) in [6, 6.07) is 14.1. The van der Waals surface area contributed by atoms with E-state index < -0.39 is 11.1 Å². The Morgan fingerprint density at radius 2 is 1.93 bits per heavy atom. The van der Waals surface area contributed by atoms with E-state index in [1.165, 1.54) is 23.4 Å². The van der Waals surface area contributed by atoms with Gasteiger partial charge in [0.2, 0.25) is 11.1 Å². The van der Waals surface area contributed by atoms with E-state index in [4.69, 9.17) is 0 Å². The summed E-state index contributed by atoms with van der Waals surface area (Å²) in [5.74, 6) is 0.0912. The Labute approximate surface area is 179 Å². The Bertz CT molecular complexity index is 1040. The molecule has 0 unspecified atom stereocenters. The van der Waals surface area contributed by atoms with Gasteiger partial charge in [-0.05, 0) is 36.1 Å². The molecule has 2 aromatic carbocycles. The fraction of sp³-hybridized carbons (Fsp3) is 0.318. The second kappa shape index (κ2) is 8.87. The number of para-hydroxylation sites is 1. The SMILES string of the molecule is CCCc1nnc2n1N[C@H](c1ccc(CC)cc1)[C@@H](C(=O)Nc1ccccc1F)S2. The molecule has 0 radical (unpaired) electrons. The number of fused-ring (bicyclic) bond motifs is 1. The lowest BCUT2D eigenvalue weighted by molar-refractivity contribution is -0.116. The largest absolute Gasteiger partial charge is 0.323 e. The summed E-state index contributed by atoms with van der Waals surface area (Å²) in [5, 5.41) is 11.3. The molecule has 1 aromatic heterocycles. The number of aromatic nitrogens is 3. The van der Waals surface area contributed by atoms with E-state index >= 15 is 0 Å². The predicted molar refractivity (Wildman–Crippen MR) is 117 cm³/mol. The monoisotopic (exact) mass is 425 g/mol. The minimum absolute atomic E-state index is 0.168. The fourth-order valence-electron chi connectivity index (χ4n) is 3.46. The normalized spacial score (nSPS) is 17.8. The maximum Gasteiger partial charge on any atom is 0.240 e. The third kappa shape index (κ3) is 4.05. The molecule has 156 valence electrons. The maximum absolute atomic E-state index is 14.1. The summed E-state index contributed by atoms with van der Waals surface area (Å²) in [6.07, 6.45) is 2.67. The lowest BCUT2D eigenvalue weighted by atomic mass is 10.0. The zero-order valence-corrected chi connectivity index (χ0v) is 17.7. The van der Waals surface area contributed by atoms with E-state index in [9.17, 15) is 9.18 Å². The molecule has 8 heteroatoms. The van der Waals surface area contributed by atoms with Gasteiger partial charge < -0.3 is 10.7 Å². The minimum Gasteiger partial charge on any atom is -0.323 e. The van der Waals surface area contributed by atoms with E-state index in [-0.39, 0.29) is 17.6 Å². The number of anilines is 1. The third-order valence-electron chi connectivity index (χ3n) is 5.11. The van der Waals surface area contributed by atoms with Gasteiger partial charge in [-0.15, -0.1) is 10.2 Å². The number of thioether (sulfide) groups is 1. The van der Waals surface area contributed by atoms with Gasteiger partial charge in [0, 0.05) is 6.42 Å². The average Bonchev–Trinajstić information content (AvgIpc) is 3.16. The van der Waals surface area contributed by atoms with Crippen molar-refractivity contribution in [3.05, 3.63) is 71.3 Å². The number of hydrogen-bond donors (Lipinski definition) is 2. The standard InChI is InChI=1S/C22H24FN5OS/c1-3-7-18-25-26-22-28(18)27-19(15-12-10-14(4-2)11-13-15)20(30-22)21(29)24-17-9-6-5-8-16(17)23/h5-6,8-13,19-20,27H,3-4,7H2,1-2H3,(H,24,29)/t19-,20+/m1/s1. The van der Waals surface area contributed by atoms with Gasteiger partial charge in [0.1, 0.15) is 11.1 Å². The van der Waals surface area contributed by atoms with Crippen LogP contribution in [-0.4, -0.2) is 26.0 Å². The van der Waals surface area contributed by atoms with E-state index in [0.29, 0.717) is 5.16 Å². The molecule has 0 aliphatic carbocycles. The van der Waals surface area contributed by atoms with Crippen LogP contribution in [0.5, 0.6) is 0 Å². The lowest BCUT2D eigenvalue weighted by Gasteiger charge is -2.33. The molecular weight excluding hydrogens is 401 g/mol. The Hall–Kier alpha value is -2.87. The van der Waals surface area contributed by atoms with Crippen LogP contribution in [0.2, 0.25) is 0 Å². The summed E-state index contributed by atoms with van der Waals surface area (Å²) < 4.78 is 16.0. The number of carbonyl (C=O) groups excluding carboxylic acids is 1. The number of carbonyl (C=O) groups is 1. The van der Waals surface area contributed by atoms with Crippen molar-refractivity contribution in [3.8, 4) is 0 Å². The predicted octanol–water partition coefficient (Wildman–Crippen LogP) is 4.33. The molecule has 4 rings (SSSR count). The van der Waals surface area contributed by atoms with Gasteiger partial charge in [0.05, 0.1) is 11.7 Å². The number of nitrogens with one attached hydrogen (secondary N) is 2. The second-order valence-electron chi connectivity index (χ2n) is 7.19. The summed E-state index contributed by atoms with van der Waals surface area (Å²) >= 11 is 1.34. The van der Waals surface area contributed by atoms with E-state index in [2.05, 4.69) is 46.9 Å². The minimum atomic E-state index is -0.539. The molecular formula is C22H24FN5OS. The summed E-state index contributed by atoms with van der Waals surface area (Å²) in [6.45, 7) is 4.19. The highest BCUT2D eigenvalue weighted by atomic mass is 32.2. The highest BCUT2D eigenvalue weighted by Crippen LogP contribution is 2.38. The van der Waals surface area contributed by atoms with Crippen LogP contribution in [0.15, 0.2) is 53.7 Å². The van der Waals surface area contributed by atoms with Crippen LogP contribution in [0.1, 0.15) is 43.3 Å². The van der Waals surface area contributed by atoms with Crippen molar-refractivity contribution in [2.75, 3.05) is 10.7 Å². The fourth-order valence-corrected chi connectivity index (χ4v) is 4.56. The van der Waals surface area contributed by atoms with Crippen LogP contribution < -0.4 is 10.7 Å². The number of benzene rings is 2. The van der Waals surface area contributed by atoms with Gasteiger partial charge in [-0.3, -0.25) is 4.79 Å². The van der Waals surface area contributed by atoms with Gasteiger partial charge >= 0.3 is 0 Å². The Balaban J connectivity index is 1.67. The van der Waals surface area contributed by atoms with Crippen molar-refractivity contribution in [1.29, 1.82) is 0 Å². The molecule has 0 saturated heterocycles. The Kier molecular flexibility index (Phi) is 6.03. The van der Waals surface area contributed by atoms with Crippen molar-refractivity contribution in [2.24, 2.45) is 0 Å². The van der Waals surface area contributed by atoms with Crippen molar-refractivity contribution in [2.45, 2.75) is 49.6 Å². The van der Waals surface area contributed by atoms with Gasteiger partial charge in [-0.2, -0.15) is 0 Å². The average molecular weight is 426 g/mol. The van der Waals surface area contributed by atoms with E-state index in [0.717, 1.165) is 30.7 Å². The molecule has 3 aromatic rings. The Morgan fingerprint density at radius 3 is 2.63 bits per heavy atom. The lowest BCUT2D eigenvalue weighted by Crippen LogP contribution is -2.41. The van der Waals surface area contributed by atoms with Crippen molar-refractivity contribution >= 4 is 23.4 Å². The smallest absolute Gasteiger partial charge is 0.240 e. The van der Waals surface area contributed by atoms with E-state index in [1.807, 2.05) is 16.8 Å². The van der Waals surface area contributed by atoms with Crippen LogP contribution in [0.25, 0.3) is 0 Å². The maximum atomic E-state index is 14.1. The number of hydrogen-bond acceptors (Lipinski definition) is 5. The first-order valence-electron chi connectivity index (χ1n) is 10.1. The first-order valence-corrected chi connectivity index (χ1v) is 11.0. The molecule has 2 atom stereocenters. The molecule has 1 aliphatic rings. The molecule has 0 fully saturated rings. The van der Waals surface area contributed by atoms with Crippen LogP contribution in [0.3, 0.4) is 0 Å². The van der Waals surface area contributed by atoms with Gasteiger partial charge in [0.25, 0.3) is 0 Å². The number of amides is 1. The van der Waals surface area contributed by atoms with Crippen LogP contribution >= 0.6 is 11.8 Å². The number of rotatable bonds is 6. The molecule has 30 heavy (non-hydrogen) atoms. The summed E-state index contributed by atoms with van der Waals surface area (Å²) in [5.41, 5.74) is 5.81. The van der Waals surface area contributed by atoms with Crippen molar-refractivity contribution in [3.63, 3.8) is 0 Å². The molecule has 0 spiro atoms. The topological polar surface area (TPSA) is 71.8 Å². The number of nitrogens with zero attached hydrogens (tertiary/aromatic N) is 3. The van der Waals surface area contributed by atoms with Crippen molar-refractivity contribution in [1.82, 2.24) is 14.9 Å². The molecule has 2 heterocycles. The molecule has 0 saturated carbocycles. The van der Waals surface area contributed by atoms with Gasteiger partial charge in [-0.1, -0.05) is 62.0 Å². The third-order valence-corrected chi connectivity index (χ3v) is 6.33. The summed E-state index contributed by atoms with van der Waals surface area (Å²) in [4.78, 5) is 13.2. The quantitative estimate of drug-likeness (QED) is 0.615. The zero-order valence-electron chi connectivity index (χ0n) is 16.9. The zero-order chi connectivity index (χ0) is 21.1. The first kappa shape index (κ1) is 20.4. The van der Waals surface area contributed by atoms with Crippen LogP contribution in [0.4, 0.5) is 10.1 Å². The summed E-state index contributed by atoms with van der Waals surface area (Å²) in [7, 11) is 0. The van der Waals surface area contributed by atoms with Gasteiger partial charge in [0.15, 0.2) is 5.82 Å².